The number of rotatable bonds is 4. The SMILES string of the molecule is c1cc(CNCC2CCCN2)c[nH]1. The van der Waals surface area contributed by atoms with Gasteiger partial charge in [-0.25, -0.2) is 0 Å². The molecule has 0 aromatic carbocycles. The van der Waals surface area contributed by atoms with Gasteiger partial charge in [0.25, 0.3) is 0 Å². The molecule has 0 bridgehead atoms. The van der Waals surface area contributed by atoms with E-state index in [0.29, 0.717) is 6.04 Å². The Hall–Kier alpha value is -0.800. The summed E-state index contributed by atoms with van der Waals surface area (Å²) >= 11 is 0. The van der Waals surface area contributed by atoms with Crippen molar-refractivity contribution in [1.82, 2.24) is 15.6 Å². The van der Waals surface area contributed by atoms with Crippen LogP contribution >= 0.6 is 0 Å². The van der Waals surface area contributed by atoms with Crippen molar-refractivity contribution in [2.75, 3.05) is 13.1 Å². The Morgan fingerprint density at radius 2 is 2.54 bits per heavy atom. The zero-order chi connectivity index (χ0) is 8.93. The van der Waals surface area contributed by atoms with Crippen molar-refractivity contribution in [1.29, 1.82) is 0 Å². The zero-order valence-corrected chi connectivity index (χ0v) is 7.84. The maximum Gasteiger partial charge on any atom is 0.0221 e. The largest absolute Gasteiger partial charge is 0.367 e. The number of H-pyrrole nitrogens is 1. The highest BCUT2D eigenvalue weighted by molar-refractivity contribution is 5.07. The summed E-state index contributed by atoms with van der Waals surface area (Å²) in [7, 11) is 0. The van der Waals surface area contributed by atoms with Crippen LogP contribution < -0.4 is 10.6 Å². The standard InChI is InChI=1S/C10H17N3/c1-2-10(13-4-1)8-12-7-9-3-5-11-6-9/h3,5-6,10-13H,1-2,4,7-8H2. The lowest BCUT2D eigenvalue weighted by Gasteiger charge is -2.10. The highest BCUT2D eigenvalue weighted by Crippen LogP contribution is 2.03. The molecule has 2 heterocycles. The first-order valence-corrected chi connectivity index (χ1v) is 5.01. The molecule has 3 heteroatoms. The summed E-state index contributed by atoms with van der Waals surface area (Å²) in [6.45, 7) is 3.25. The van der Waals surface area contributed by atoms with Crippen LogP contribution in [-0.2, 0) is 6.54 Å². The molecule has 1 fully saturated rings. The molecule has 1 unspecified atom stereocenters. The molecule has 1 aromatic heterocycles. The zero-order valence-electron chi connectivity index (χ0n) is 7.84. The van der Waals surface area contributed by atoms with Gasteiger partial charge in [-0.15, -0.1) is 0 Å². The Morgan fingerprint density at radius 3 is 3.23 bits per heavy atom. The van der Waals surface area contributed by atoms with Crippen LogP contribution in [0.2, 0.25) is 0 Å². The summed E-state index contributed by atoms with van der Waals surface area (Å²) in [6.07, 6.45) is 6.65. The molecule has 2 rings (SSSR count). The van der Waals surface area contributed by atoms with E-state index in [4.69, 9.17) is 0 Å². The van der Waals surface area contributed by atoms with Crippen LogP contribution in [0.3, 0.4) is 0 Å². The minimum absolute atomic E-state index is 0.693. The van der Waals surface area contributed by atoms with Crippen LogP contribution in [0.1, 0.15) is 18.4 Å². The van der Waals surface area contributed by atoms with E-state index in [-0.39, 0.29) is 0 Å². The lowest BCUT2D eigenvalue weighted by Crippen LogP contribution is -2.33. The smallest absolute Gasteiger partial charge is 0.0221 e. The van der Waals surface area contributed by atoms with E-state index in [1.54, 1.807) is 0 Å². The number of hydrogen-bond acceptors (Lipinski definition) is 2. The Morgan fingerprint density at radius 1 is 1.54 bits per heavy atom. The van der Waals surface area contributed by atoms with Crippen LogP contribution in [0.5, 0.6) is 0 Å². The molecule has 1 atom stereocenters. The Kier molecular flexibility index (Phi) is 3.00. The topological polar surface area (TPSA) is 39.8 Å². The summed E-state index contributed by atoms with van der Waals surface area (Å²) in [6, 6.07) is 2.80. The number of aromatic amines is 1. The van der Waals surface area contributed by atoms with E-state index >= 15 is 0 Å². The number of aromatic nitrogens is 1. The van der Waals surface area contributed by atoms with Gasteiger partial charge in [0.05, 0.1) is 0 Å². The number of nitrogens with one attached hydrogen (secondary N) is 3. The second-order valence-corrected chi connectivity index (χ2v) is 3.64. The molecule has 3 nitrogen and oxygen atoms in total. The summed E-state index contributed by atoms with van der Waals surface area (Å²) in [5.41, 5.74) is 1.33. The van der Waals surface area contributed by atoms with Crippen LogP contribution in [0, 0.1) is 0 Å². The molecule has 0 amide bonds. The third-order valence-electron chi connectivity index (χ3n) is 2.54. The minimum atomic E-state index is 0.693. The quantitative estimate of drug-likeness (QED) is 0.641. The van der Waals surface area contributed by atoms with Crippen LogP contribution in [0.4, 0.5) is 0 Å². The molecular weight excluding hydrogens is 162 g/mol. The van der Waals surface area contributed by atoms with Crippen molar-refractivity contribution >= 4 is 0 Å². The lowest BCUT2D eigenvalue weighted by atomic mass is 10.2. The van der Waals surface area contributed by atoms with E-state index in [0.717, 1.165) is 13.1 Å². The van der Waals surface area contributed by atoms with Gasteiger partial charge in [0, 0.05) is 31.5 Å². The van der Waals surface area contributed by atoms with E-state index in [9.17, 15) is 0 Å². The van der Waals surface area contributed by atoms with E-state index in [1.807, 2.05) is 12.4 Å². The highest BCUT2D eigenvalue weighted by atomic mass is 15.0. The summed E-state index contributed by atoms with van der Waals surface area (Å²) in [5, 5.41) is 6.91. The second-order valence-electron chi connectivity index (χ2n) is 3.64. The lowest BCUT2D eigenvalue weighted by molar-refractivity contribution is 0.536. The average Bonchev–Trinajstić information content (AvgIpc) is 2.75. The number of hydrogen-bond donors (Lipinski definition) is 3. The summed E-state index contributed by atoms with van der Waals surface area (Å²) in [5.74, 6) is 0. The van der Waals surface area contributed by atoms with Crippen molar-refractivity contribution in [2.24, 2.45) is 0 Å². The van der Waals surface area contributed by atoms with Crippen LogP contribution in [0.15, 0.2) is 18.5 Å². The van der Waals surface area contributed by atoms with Crippen molar-refractivity contribution in [2.45, 2.75) is 25.4 Å². The van der Waals surface area contributed by atoms with Gasteiger partial charge in [0.2, 0.25) is 0 Å². The molecule has 1 aliphatic rings. The first-order valence-electron chi connectivity index (χ1n) is 5.01. The van der Waals surface area contributed by atoms with Gasteiger partial charge in [-0.1, -0.05) is 0 Å². The molecule has 0 spiro atoms. The first-order chi connectivity index (χ1) is 6.45. The van der Waals surface area contributed by atoms with Gasteiger partial charge in [-0.3, -0.25) is 0 Å². The molecule has 13 heavy (non-hydrogen) atoms. The van der Waals surface area contributed by atoms with E-state index in [2.05, 4.69) is 21.7 Å². The Labute approximate surface area is 78.9 Å². The summed E-state index contributed by atoms with van der Waals surface area (Å²) < 4.78 is 0. The normalized spacial score (nSPS) is 22.3. The van der Waals surface area contributed by atoms with Crippen molar-refractivity contribution in [3.63, 3.8) is 0 Å². The minimum Gasteiger partial charge on any atom is -0.367 e. The third-order valence-corrected chi connectivity index (χ3v) is 2.54. The van der Waals surface area contributed by atoms with E-state index < -0.39 is 0 Å². The Balaban J connectivity index is 1.63. The molecule has 0 radical (unpaired) electrons. The van der Waals surface area contributed by atoms with Gasteiger partial charge in [-0.2, -0.15) is 0 Å². The van der Waals surface area contributed by atoms with Crippen molar-refractivity contribution < 1.29 is 0 Å². The van der Waals surface area contributed by atoms with Gasteiger partial charge in [-0.05, 0) is 31.0 Å². The van der Waals surface area contributed by atoms with Crippen LogP contribution in [0.25, 0.3) is 0 Å². The van der Waals surface area contributed by atoms with Gasteiger partial charge in [0.1, 0.15) is 0 Å². The molecule has 72 valence electrons. The molecule has 0 aliphatic carbocycles. The van der Waals surface area contributed by atoms with Gasteiger partial charge in [0.15, 0.2) is 0 Å². The van der Waals surface area contributed by atoms with Crippen LogP contribution in [-0.4, -0.2) is 24.1 Å². The second kappa shape index (κ2) is 4.44. The molecule has 1 aliphatic heterocycles. The molecule has 0 saturated carbocycles. The van der Waals surface area contributed by atoms with Gasteiger partial charge >= 0.3 is 0 Å². The average molecular weight is 179 g/mol. The highest BCUT2D eigenvalue weighted by Gasteiger charge is 2.12. The van der Waals surface area contributed by atoms with Gasteiger partial charge < -0.3 is 15.6 Å². The molecule has 1 saturated heterocycles. The predicted octanol–water partition coefficient (Wildman–Crippen LogP) is 0.856. The fourth-order valence-corrected chi connectivity index (χ4v) is 1.79. The maximum absolute atomic E-state index is 3.47. The Bertz CT molecular complexity index is 224. The molecular formula is C10H17N3. The fourth-order valence-electron chi connectivity index (χ4n) is 1.79. The maximum atomic E-state index is 3.47. The van der Waals surface area contributed by atoms with Crippen molar-refractivity contribution in [3.05, 3.63) is 24.0 Å². The van der Waals surface area contributed by atoms with Crippen molar-refractivity contribution in [3.8, 4) is 0 Å². The first kappa shape index (κ1) is 8.78. The predicted molar refractivity (Wildman–Crippen MR) is 53.5 cm³/mol. The fraction of sp³-hybridized carbons (Fsp3) is 0.600. The monoisotopic (exact) mass is 179 g/mol. The molecule has 1 aromatic rings. The van der Waals surface area contributed by atoms with E-state index in [1.165, 1.54) is 24.9 Å². The third kappa shape index (κ3) is 2.57. The molecule has 3 N–H and O–H groups in total. The summed E-state index contributed by atoms with van der Waals surface area (Å²) in [4.78, 5) is 3.05.